The Hall–Kier alpha value is -1.54. The van der Waals surface area contributed by atoms with Gasteiger partial charge < -0.3 is 4.90 Å². The molecule has 1 atom stereocenters. The lowest BCUT2D eigenvalue weighted by Crippen LogP contribution is -2.39. The highest BCUT2D eigenvalue weighted by atomic mass is 35.5. The van der Waals surface area contributed by atoms with Gasteiger partial charge in [0.15, 0.2) is 0 Å². The van der Waals surface area contributed by atoms with Gasteiger partial charge in [0, 0.05) is 34.2 Å². The average Bonchev–Trinajstić information content (AvgIpc) is 3.51. The number of rotatable bonds is 5. The molecule has 1 amide bonds. The number of hydrogen-bond acceptors (Lipinski definition) is 4. The van der Waals surface area contributed by atoms with Gasteiger partial charge in [0.25, 0.3) is 0 Å². The molecule has 1 saturated carbocycles. The quantitative estimate of drug-likeness (QED) is 0.767. The molecule has 28 heavy (non-hydrogen) atoms. The molecule has 4 rings (SSSR count). The third-order valence-electron chi connectivity index (χ3n) is 4.87. The van der Waals surface area contributed by atoms with Gasteiger partial charge >= 0.3 is 0 Å². The van der Waals surface area contributed by atoms with Crippen LogP contribution in [-0.4, -0.2) is 26.1 Å². The SMILES string of the molecule is C[C@@H]1CN(C(=O)C2CC2)c2cc(S(=O)(=O)NCc3ccc(Cl)cc3)ccc2S1. The number of fused-ring (bicyclic) bond motifs is 1. The predicted octanol–water partition coefficient (Wildman–Crippen LogP) is 4.06. The van der Waals surface area contributed by atoms with E-state index < -0.39 is 10.0 Å². The van der Waals surface area contributed by atoms with Crippen molar-refractivity contribution in [2.45, 2.75) is 41.4 Å². The first-order valence-electron chi connectivity index (χ1n) is 9.20. The molecule has 8 heteroatoms. The standard InChI is InChI=1S/C20H21ClN2O3S2/c1-13-12-23(20(24)15-4-5-15)18-10-17(8-9-19(18)27-13)28(25,26)22-11-14-2-6-16(21)7-3-14/h2-3,6-10,13,15,22H,4-5,11-12H2,1H3/t13-/m1/s1. The monoisotopic (exact) mass is 436 g/mol. The number of nitrogens with zero attached hydrogens (tertiary/aromatic N) is 1. The summed E-state index contributed by atoms with van der Waals surface area (Å²) in [5.74, 6) is 0.198. The first-order valence-corrected chi connectivity index (χ1v) is 11.9. The fourth-order valence-electron chi connectivity index (χ4n) is 3.21. The molecule has 1 aliphatic heterocycles. The van der Waals surface area contributed by atoms with Gasteiger partial charge in [0.2, 0.25) is 15.9 Å². The van der Waals surface area contributed by atoms with Crippen LogP contribution in [0, 0.1) is 5.92 Å². The zero-order chi connectivity index (χ0) is 19.9. The minimum absolute atomic E-state index is 0.0893. The number of hydrogen-bond donors (Lipinski definition) is 1. The summed E-state index contributed by atoms with van der Waals surface area (Å²) in [6.45, 7) is 2.86. The van der Waals surface area contributed by atoms with Crippen LogP contribution >= 0.6 is 23.4 Å². The Bertz CT molecular complexity index is 1000. The lowest BCUT2D eigenvalue weighted by atomic mass is 10.2. The van der Waals surface area contributed by atoms with Crippen molar-refractivity contribution in [1.29, 1.82) is 0 Å². The molecule has 1 N–H and O–H groups in total. The van der Waals surface area contributed by atoms with Crippen molar-refractivity contribution in [2.75, 3.05) is 11.4 Å². The van der Waals surface area contributed by atoms with Gasteiger partial charge in [0.1, 0.15) is 0 Å². The van der Waals surface area contributed by atoms with Crippen LogP contribution in [0.5, 0.6) is 0 Å². The second-order valence-corrected chi connectivity index (χ2v) is 10.9. The summed E-state index contributed by atoms with van der Waals surface area (Å²) in [5, 5.41) is 0.883. The van der Waals surface area contributed by atoms with Crippen molar-refractivity contribution < 1.29 is 13.2 Å². The molecule has 5 nitrogen and oxygen atoms in total. The molecule has 1 heterocycles. The first kappa shape index (κ1) is 19.8. The lowest BCUT2D eigenvalue weighted by Gasteiger charge is -2.33. The van der Waals surface area contributed by atoms with Gasteiger partial charge in [-0.25, -0.2) is 13.1 Å². The molecular formula is C20H21ClN2O3S2. The van der Waals surface area contributed by atoms with E-state index >= 15 is 0 Å². The molecule has 0 radical (unpaired) electrons. The topological polar surface area (TPSA) is 66.5 Å². The number of amides is 1. The summed E-state index contributed by atoms with van der Waals surface area (Å²) in [6, 6.07) is 12.1. The van der Waals surface area contributed by atoms with Gasteiger partial charge in [-0.2, -0.15) is 0 Å². The van der Waals surface area contributed by atoms with E-state index in [0.29, 0.717) is 17.3 Å². The maximum absolute atomic E-state index is 12.8. The van der Waals surface area contributed by atoms with Gasteiger partial charge in [-0.05, 0) is 48.7 Å². The highest BCUT2D eigenvalue weighted by Crippen LogP contribution is 2.42. The second kappa shape index (κ2) is 7.71. The van der Waals surface area contributed by atoms with Crippen molar-refractivity contribution in [3.63, 3.8) is 0 Å². The molecule has 148 valence electrons. The van der Waals surface area contributed by atoms with Gasteiger partial charge in [-0.1, -0.05) is 30.7 Å². The predicted molar refractivity (Wildman–Crippen MR) is 112 cm³/mol. The van der Waals surface area contributed by atoms with E-state index in [9.17, 15) is 13.2 Å². The number of carbonyl (C=O) groups excluding carboxylic acids is 1. The van der Waals surface area contributed by atoms with Crippen LogP contribution in [0.25, 0.3) is 0 Å². The third-order valence-corrected chi connectivity index (χ3v) is 7.67. The van der Waals surface area contributed by atoms with Gasteiger partial charge in [-0.15, -0.1) is 11.8 Å². The van der Waals surface area contributed by atoms with E-state index in [1.807, 2.05) is 0 Å². The van der Waals surface area contributed by atoms with Crippen molar-refractivity contribution in [3.8, 4) is 0 Å². The van der Waals surface area contributed by atoms with Crippen molar-refractivity contribution >= 4 is 45.0 Å². The zero-order valence-electron chi connectivity index (χ0n) is 15.4. The Morgan fingerprint density at radius 3 is 2.61 bits per heavy atom. The highest BCUT2D eigenvalue weighted by molar-refractivity contribution is 8.00. The Balaban J connectivity index is 1.58. The Kier molecular flexibility index (Phi) is 5.44. The molecule has 1 aliphatic carbocycles. The van der Waals surface area contributed by atoms with Gasteiger partial charge in [0.05, 0.1) is 10.6 Å². The maximum Gasteiger partial charge on any atom is 0.240 e. The minimum Gasteiger partial charge on any atom is -0.310 e. The molecule has 2 aromatic carbocycles. The summed E-state index contributed by atoms with van der Waals surface area (Å²) in [4.78, 5) is 15.6. The summed E-state index contributed by atoms with van der Waals surface area (Å²) in [5.41, 5.74) is 1.52. The highest BCUT2D eigenvalue weighted by Gasteiger charge is 2.37. The van der Waals surface area contributed by atoms with Crippen molar-refractivity contribution in [2.24, 2.45) is 5.92 Å². The molecule has 0 bridgehead atoms. The van der Waals surface area contributed by atoms with E-state index in [2.05, 4.69) is 11.6 Å². The number of benzene rings is 2. The normalized spacial score (nSPS) is 19.4. The lowest BCUT2D eigenvalue weighted by molar-refractivity contribution is -0.119. The summed E-state index contributed by atoms with van der Waals surface area (Å²) < 4.78 is 28.2. The zero-order valence-corrected chi connectivity index (χ0v) is 17.8. The van der Waals surface area contributed by atoms with E-state index in [1.54, 1.807) is 59.1 Å². The second-order valence-electron chi connectivity index (χ2n) is 7.23. The van der Waals surface area contributed by atoms with E-state index in [1.165, 1.54) is 0 Å². The summed E-state index contributed by atoms with van der Waals surface area (Å²) in [7, 11) is -3.70. The molecule has 2 aliphatic rings. The van der Waals surface area contributed by atoms with Crippen molar-refractivity contribution in [1.82, 2.24) is 4.72 Å². The Labute approximate surface area is 174 Å². The van der Waals surface area contributed by atoms with Crippen LogP contribution < -0.4 is 9.62 Å². The number of anilines is 1. The van der Waals surface area contributed by atoms with Crippen LogP contribution in [0.2, 0.25) is 5.02 Å². The average molecular weight is 437 g/mol. The molecule has 0 spiro atoms. The molecule has 1 fully saturated rings. The van der Waals surface area contributed by atoms with E-state index in [0.717, 1.165) is 23.3 Å². The maximum atomic E-state index is 12.8. The summed E-state index contributed by atoms with van der Waals surface area (Å²) in [6.07, 6.45) is 1.85. The van der Waals surface area contributed by atoms with E-state index in [-0.39, 0.29) is 28.5 Å². The minimum atomic E-state index is -3.70. The Morgan fingerprint density at radius 2 is 1.93 bits per heavy atom. The largest absolute Gasteiger partial charge is 0.310 e. The van der Waals surface area contributed by atoms with Crippen LogP contribution in [-0.2, 0) is 21.4 Å². The number of sulfonamides is 1. The van der Waals surface area contributed by atoms with Crippen LogP contribution in [0.4, 0.5) is 5.69 Å². The third kappa shape index (κ3) is 4.22. The van der Waals surface area contributed by atoms with E-state index in [4.69, 9.17) is 11.6 Å². The Morgan fingerprint density at radius 1 is 1.21 bits per heavy atom. The van der Waals surface area contributed by atoms with Crippen molar-refractivity contribution in [3.05, 3.63) is 53.1 Å². The number of thioether (sulfide) groups is 1. The van der Waals surface area contributed by atoms with Crippen LogP contribution in [0.3, 0.4) is 0 Å². The first-order chi connectivity index (χ1) is 13.3. The number of halogens is 1. The van der Waals surface area contributed by atoms with Crippen LogP contribution in [0.1, 0.15) is 25.3 Å². The number of nitrogens with one attached hydrogen (secondary N) is 1. The van der Waals surface area contributed by atoms with Crippen LogP contribution in [0.15, 0.2) is 52.3 Å². The van der Waals surface area contributed by atoms with Gasteiger partial charge in [-0.3, -0.25) is 4.79 Å². The molecule has 0 aromatic heterocycles. The molecular weight excluding hydrogens is 416 g/mol. The molecule has 0 unspecified atom stereocenters. The fourth-order valence-corrected chi connectivity index (χ4v) is 5.46. The summed E-state index contributed by atoms with van der Waals surface area (Å²) >= 11 is 7.54. The smallest absolute Gasteiger partial charge is 0.240 e. The molecule has 2 aromatic rings. The number of carbonyl (C=O) groups is 1. The molecule has 0 saturated heterocycles. The fraction of sp³-hybridized carbons (Fsp3) is 0.350.